The minimum absolute atomic E-state index is 0.00805. The maximum Gasteiger partial charge on any atom is 0.290 e. The van der Waals surface area contributed by atoms with Gasteiger partial charge in [0.1, 0.15) is 5.58 Å². The molecule has 3 aromatic rings. The van der Waals surface area contributed by atoms with Crippen LogP contribution in [0.15, 0.2) is 39.5 Å². The van der Waals surface area contributed by atoms with Gasteiger partial charge in [-0.25, -0.2) is 0 Å². The highest BCUT2D eigenvalue weighted by Gasteiger charge is 2.42. The van der Waals surface area contributed by atoms with Crippen molar-refractivity contribution < 1.29 is 24.2 Å². The second-order valence-corrected chi connectivity index (χ2v) is 7.46. The summed E-state index contributed by atoms with van der Waals surface area (Å²) in [7, 11) is 0. The standard InChI is InChI=1S/C22H20ClNO6/c1-3-29-17-9-12(4-5-15(17)26)19-18-20(27)13-10-14(23)11(2)8-16(13)30-21(18)22(28)24(19)6-7-25/h4-5,8-10,19,25-26H,3,6-7H2,1-2H3. The normalized spacial score (nSPS) is 15.7. The Bertz CT molecular complexity index is 1220. The number of aliphatic hydroxyl groups is 1. The van der Waals surface area contributed by atoms with Crippen LogP contribution in [0.5, 0.6) is 11.5 Å². The molecular weight excluding hydrogens is 410 g/mol. The Morgan fingerprint density at radius 3 is 2.70 bits per heavy atom. The van der Waals surface area contributed by atoms with E-state index in [2.05, 4.69) is 0 Å². The van der Waals surface area contributed by atoms with Gasteiger partial charge in [-0.05, 0) is 49.2 Å². The number of ether oxygens (including phenoxy) is 1. The lowest BCUT2D eigenvalue weighted by atomic mass is 9.98. The highest BCUT2D eigenvalue weighted by molar-refractivity contribution is 6.32. The molecule has 2 heterocycles. The fourth-order valence-electron chi connectivity index (χ4n) is 3.80. The number of phenolic OH excluding ortho intramolecular Hbond substituents is 1. The van der Waals surface area contributed by atoms with E-state index in [0.29, 0.717) is 17.2 Å². The van der Waals surface area contributed by atoms with Crippen LogP contribution in [0, 0.1) is 6.92 Å². The number of carbonyl (C=O) groups excluding carboxylic acids is 1. The summed E-state index contributed by atoms with van der Waals surface area (Å²) in [6.45, 7) is 3.62. The molecule has 8 heteroatoms. The smallest absolute Gasteiger partial charge is 0.290 e. The van der Waals surface area contributed by atoms with E-state index in [1.54, 1.807) is 32.0 Å². The Labute approximate surface area is 177 Å². The van der Waals surface area contributed by atoms with Crippen LogP contribution in [0.1, 0.15) is 40.2 Å². The predicted octanol–water partition coefficient (Wildman–Crippen LogP) is 3.40. The van der Waals surface area contributed by atoms with Gasteiger partial charge in [0.15, 0.2) is 16.9 Å². The molecule has 0 bridgehead atoms. The molecule has 0 saturated carbocycles. The first kappa shape index (κ1) is 20.3. The fraction of sp³-hybridized carbons (Fsp3) is 0.273. The highest BCUT2D eigenvalue weighted by atomic mass is 35.5. The number of amides is 1. The number of β-amino-alcohol motifs (C(OH)–C–C–N with tert-alkyl or cyclic N) is 1. The molecule has 1 aliphatic rings. The van der Waals surface area contributed by atoms with Gasteiger partial charge in [-0.1, -0.05) is 17.7 Å². The van der Waals surface area contributed by atoms with Crippen molar-refractivity contribution in [1.29, 1.82) is 0 Å². The molecule has 4 rings (SSSR count). The van der Waals surface area contributed by atoms with E-state index in [-0.39, 0.29) is 52.4 Å². The van der Waals surface area contributed by atoms with Gasteiger partial charge in [0.2, 0.25) is 5.76 Å². The third kappa shape index (κ3) is 3.11. The van der Waals surface area contributed by atoms with Crippen LogP contribution >= 0.6 is 11.6 Å². The summed E-state index contributed by atoms with van der Waals surface area (Å²) in [5.41, 5.74) is 1.37. The average molecular weight is 430 g/mol. The number of rotatable bonds is 5. The molecule has 156 valence electrons. The van der Waals surface area contributed by atoms with Crippen molar-refractivity contribution in [2.24, 2.45) is 0 Å². The number of carbonyl (C=O) groups is 1. The Balaban J connectivity index is 1.99. The number of aliphatic hydroxyl groups excluding tert-OH is 1. The first-order valence-corrected chi connectivity index (χ1v) is 9.89. The molecule has 1 unspecified atom stereocenters. The molecule has 0 radical (unpaired) electrons. The van der Waals surface area contributed by atoms with Gasteiger partial charge in [0.25, 0.3) is 5.91 Å². The number of fused-ring (bicyclic) bond motifs is 2. The largest absolute Gasteiger partial charge is 0.504 e. The number of aromatic hydroxyl groups is 1. The number of benzene rings is 2. The summed E-state index contributed by atoms with van der Waals surface area (Å²) in [5.74, 6) is -0.351. The summed E-state index contributed by atoms with van der Waals surface area (Å²) in [4.78, 5) is 27.9. The molecule has 1 atom stereocenters. The number of phenols is 1. The van der Waals surface area contributed by atoms with Crippen LogP contribution in [-0.2, 0) is 0 Å². The van der Waals surface area contributed by atoms with Gasteiger partial charge < -0.3 is 24.3 Å². The van der Waals surface area contributed by atoms with Crippen LogP contribution in [0.25, 0.3) is 11.0 Å². The van der Waals surface area contributed by atoms with Gasteiger partial charge >= 0.3 is 0 Å². The molecule has 2 aromatic carbocycles. The Kier molecular flexibility index (Phi) is 5.17. The van der Waals surface area contributed by atoms with Crippen LogP contribution in [0.4, 0.5) is 0 Å². The molecule has 0 spiro atoms. The molecule has 1 aliphatic heterocycles. The van der Waals surface area contributed by atoms with Crippen LogP contribution in [0.2, 0.25) is 5.02 Å². The van der Waals surface area contributed by atoms with Crippen molar-refractivity contribution in [3.8, 4) is 11.5 Å². The zero-order valence-corrected chi connectivity index (χ0v) is 17.2. The predicted molar refractivity (Wildman–Crippen MR) is 111 cm³/mol. The average Bonchev–Trinajstić information content (AvgIpc) is 2.98. The number of hydrogen-bond acceptors (Lipinski definition) is 6. The quantitative estimate of drug-likeness (QED) is 0.644. The molecule has 7 nitrogen and oxygen atoms in total. The number of hydrogen-bond donors (Lipinski definition) is 2. The third-order valence-corrected chi connectivity index (χ3v) is 5.59. The SMILES string of the molecule is CCOc1cc(C2c3c(oc4cc(C)c(Cl)cc4c3=O)C(=O)N2CCO)ccc1O. The highest BCUT2D eigenvalue weighted by Crippen LogP contribution is 2.40. The van der Waals surface area contributed by atoms with Crippen LogP contribution < -0.4 is 10.2 Å². The molecule has 30 heavy (non-hydrogen) atoms. The minimum atomic E-state index is -0.791. The van der Waals surface area contributed by atoms with Crippen LogP contribution in [0.3, 0.4) is 0 Å². The van der Waals surface area contributed by atoms with Gasteiger partial charge in [-0.3, -0.25) is 9.59 Å². The second kappa shape index (κ2) is 7.66. The number of nitrogens with zero attached hydrogens (tertiary/aromatic N) is 1. The summed E-state index contributed by atoms with van der Waals surface area (Å²) in [6, 6.07) is 7.02. The van der Waals surface area contributed by atoms with Crippen molar-refractivity contribution in [1.82, 2.24) is 4.90 Å². The Morgan fingerprint density at radius 1 is 1.23 bits per heavy atom. The fourth-order valence-corrected chi connectivity index (χ4v) is 3.96. The van der Waals surface area contributed by atoms with Crippen molar-refractivity contribution >= 4 is 28.5 Å². The summed E-state index contributed by atoms with van der Waals surface area (Å²) < 4.78 is 11.3. The Hall–Kier alpha value is -3.03. The van der Waals surface area contributed by atoms with Crippen molar-refractivity contribution in [3.05, 3.63) is 68.0 Å². The molecule has 0 fully saturated rings. The zero-order chi connectivity index (χ0) is 21.6. The van der Waals surface area contributed by atoms with Gasteiger partial charge in [0, 0.05) is 11.6 Å². The van der Waals surface area contributed by atoms with E-state index < -0.39 is 11.9 Å². The van der Waals surface area contributed by atoms with E-state index in [9.17, 15) is 19.8 Å². The third-order valence-electron chi connectivity index (χ3n) is 5.19. The van der Waals surface area contributed by atoms with E-state index in [1.807, 2.05) is 0 Å². The molecule has 2 N–H and O–H groups in total. The summed E-state index contributed by atoms with van der Waals surface area (Å²) in [6.07, 6.45) is 0. The van der Waals surface area contributed by atoms with E-state index >= 15 is 0 Å². The zero-order valence-electron chi connectivity index (χ0n) is 16.4. The maximum absolute atomic E-state index is 13.4. The topological polar surface area (TPSA) is 100 Å². The Morgan fingerprint density at radius 2 is 2.00 bits per heavy atom. The summed E-state index contributed by atoms with van der Waals surface area (Å²) >= 11 is 6.21. The lowest BCUT2D eigenvalue weighted by molar-refractivity contribution is 0.0691. The lowest BCUT2D eigenvalue weighted by Gasteiger charge is -2.24. The molecule has 0 aliphatic carbocycles. The first-order chi connectivity index (χ1) is 14.4. The van der Waals surface area contributed by atoms with Crippen LogP contribution in [-0.4, -0.2) is 40.8 Å². The van der Waals surface area contributed by atoms with Crippen molar-refractivity contribution in [3.63, 3.8) is 0 Å². The van der Waals surface area contributed by atoms with E-state index in [4.69, 9.17) is 20.8 Å². The maximum atomic E-state index is 13.4. The number of aryl methyl sites for hydroxylation is 1. The second-order valence-electron chi connectivity index (χ2n) is 7.06. The molecule has 1 aromatic heterocycles. The molecule has 1 amide bonds. The molecular formula is C22H20ClNO6. The van der Waals surface area contributed by atoms with Crippen molar-refractivity contribution in [2.75, 3.05) is 19.8 Å². The van der Waals surface area contributed by atoms with Gasteiger partial charge in [-0.2, -0.15) is 0 Å². The van der Waals surface area contributed by atoms with Gasteiger partial charge in [0.05, 0.1) is 30.2 Å². The summed E-state index contributed by atoms with van der Waals surface area (Å²) in [5, 5.41) is 20.3. The lowest BCUT2D eigenvalue weighted by Crippen LogP contribution is -2.32. The minimum Gasteiger partial charge on any atom is -0.504 e. The van der Waals surface area contributed by atoms with E-state index in [1.165, 1.54) is 17.0 Å². The van der Waals surface area contributed by atoms with Crippen molar-refractivity contribution in [2.45, 2.75) is 19.9 Å². The molecule has 0 saturated heterocycles. The monoisotopic (exact) mass is 429 g/mol. The first-order valence-electron chi connectivity index (χ1n) is 9.51. The van der Waals surface area contributed by atoms with E-state index in [0.717, 1.165) is 5.56 Å². The number of halogens is 1. The van der Waals surface area contributed by atoms with Gasteiger partial charge in [-0.15, -0.1) is 0 Å².